The molecule has 4 heterocycles. The molecular weight excluding hydrogens is 252 g/mol. The lowest BCUT2D eigenvalue weighted by Gasteiger charge is -2.34. The van der Waals surface area contributed by atoms with Gasteiger partial charge in [0.05, 0.1) is 5.54 Å². The lowest BCUT2D eigenvalue weighted by Crippen LogP contribution is -2.39. The molecule has 20 heavy (non-hydrogen) atoms. The van der Waals surface area contributed by atoms with Crippen LogP contribution in [0.4, 0.5) is 0 Å². The first-order valence-electron chi connectivity index (χ1n) is 7.97. The molecule has 3 fully saturated rings. The van der Waals surface area contributed by atoms with Crippen molar-refractivity contribution in [2.75, 3.05) is 13.6 Å². The van der Waals surface area contributed by atoms with Gasteiger partial charge in [0, 0.05) is 18.0 Å². The van der Waals surface area contributed by atoms with Crippen LogP contribution in [0, 0.1) is 0 Å². The highest BCUT2D eigenvalue weighted by Crippen LogP contribution is 2.41. The van der Waals surface area contributed by atoms with Gasteiger partial charge in [-0.1, -0.05) is 5.16 Å². The van der Waals surface area contributed by atoms with E-state index < -0.39 is 0 Å². The molecule has 3 atom stereocenters. The van der Waals surface area contributed by atoms with E-state index >= 15 is 0 Å². The average molecular weight is 276 g/mol. The van der Waals surface area contributed by atoms with E-state index in [1.807, 2.05) is 0 Å². The molecule has 1 aromatic rings. The molecule has 0 radical (unpaired) electrons. The number of nitrogens with one attached hydrogen (secondary N) is 1. The third kappa shape index (κ3) is 1.91. The number of rotatable bonds is 2. The molecule has 1 N–H and O–H groups in total. The second-order valence-electron chi connectivity index (χ2n) is 7.04. The standard InChI is InChI=1S/C15H24N4O/c1-15(6-3-7-16-15)14-17-13(18-20-14)10-8-11-4-5-12(9-10)19(11)2/h10-12,16H,3-9H2,1-2H3. The van der Waals surface area contributed by atoms with E-state index in [1.54, 1.807) is 0 Å². The molecule has 3 unspecified atom stereocenters. The summed E-state index contributed by atoms with van der Waals surface area (Å²) >= 11 is 0. The molecule has 3 saturated heterocycles. The van der Waals surface area contributed by atoms with Crippen LogP contribution in [-0.2, 0) is 5.54 Å². The van der Waals surface area contributed by atoms with Gasteiger partial charge in [-0.15, -0.1) is 0 Å². The molecule has 1 aromatic heterocycles. The molecule has 110 valence electrons. The van der Waals surface area contributed by atoms with Crippen LogP contribution >= 0.6 is 0 Å². The maximum absolute atomic E-state index is 5.59. The Morgan fingerprint density at radius 2 is 2.05 bits per heavy atom. The Hall–Kier alpha value is -0.940. The summed E-state index contributed by atoms with van der Waals surface area (Å²) in [5.41, 5.74) is -0.101. The van der Waals surface area contributed by atoms with E-state index in [9.17, 15) is 0 Å². The summed E-state index contributed by atoms with van der Waals surface area (Å²) in [4.78, 5) is 7.30. The molecule has 2 bridgehead atoms. The summed E-state index contributed by atoms with van der Waals surface area (Å²) in [6.45, 7) is 3.22. The molecule has 5 heteroatoms. The van der Waals surface area contributed by atoms with Gasteiger partial charge < -0.3 is 14.7 Å². The molecular formula is C15H24N4O. The second kappa shape index (κ2) is 4.53. The van der Waals surface area contributed by atoms with Gasteiger partial charge in [0.15, 0.2) is 5.82 Å². The van der Waals surface area contributed by atoms with Crippen molar-refractivity contribution in [3.8, 4) is 0 Å². The molecule has 0 saturated carbocycles. The zero-order valence-corrected chi connectivity index (χ0v) is 12.4. The summed E-state index contributed by atoms with van der Waals surface area (Å²) in [6.07, 6.45) is 7.33. The highest BCUT2D eigenvalue weighted by molar-refractivity contribution is 5.09. The van der Waals surface area contributed by atoms with Gasteiger partial charge in [0.1, 0.15) is 0 Å². The van der Waals surface area contributed by atoms with Crippen LogP contribution < -0.4 is 5.32 Å². The first kappa shape index (κ1) is 12.8. The summed E-state index contributed by atoms with van der Waals surface area (Å²) in [5, 5.41) is 7.80. The van der Waals surface area contributed by atoms with Crippen molar-refractivity contribution < 1.29 is 4.52 Å². The predicted octanol–water partition coefficient (Wildman–Crippen LogP) is 2.01. The van der Waals surface area contributed by atoms with Gasteiger partial charge in [-0.05, 0) is 59.0 Å². The van der Waals surface area contributed by atoms with Crippen molar-refractivity contribution in [3.63, 3.8) is 0 Å². The van der Waals surface area contributed by atoms with Gasteiger partial charge >= 0.3 is 0 Å². The molecule has 4 rings (SSSR count). The fourth-order valence-corrected chi connectivity index (χ4v) is 4.32. The van der Waals surface area contributed by atoms with E-state index in [0.29, 0.717) is 5.92 Å². The van der Waals surface area contributed by atoms with Crippen LogP contribution in [0.2, 0.25) is 0 Å². The number of fused-ring (bicyclic) bond motifs is 2. The Labute approximate surface area is 120 Å². The molecule has 5 nitrogen and oxygen atoms in total. The van der Waals surface area contributed by atoms with E-state index in [2.05, 4.69) is 29.3 Å². The van der Waals surface area contributed by atoms with E-state index in [-0.39, 0.29) is 5.54 Å². The second-order valence-corrected chi connectivity index (χ2v) is 7.04. The number of nitrogens with zero attached hydrogens (tertiary/aromatic N) is 3. The van der Waals surface area contributed by atoms with E-state index in [0.717, 1.165) is 36.8 Å². The minimum absolute atomic E-state index is 0.101. The SMILES string of the molecule is CN1C2CCC1CC(c1noc(C3(C)CCCN3)n1)C2. The van der Waals surface area contributed by atoms with Crippen molar-refractivity contribution in [1.82, 2.24) is 20.4 Å². The molecule has 3 aliphatic rings. The smallest absolute Gasteiger partial charge is 0.246 e. The lowest BCUT2D eigenvalue weighted by molar-refractivity contribution is 0.157. The van der Waals surface area contributed by atoms with Crippen molar-refractivity contribution >= 4 is 0 Å². The average Bonchev–Trinajstić information content (AvgIpc) is 3.11. The summed E-state index contributed by atoms with van der Waals surface area (Å²) in [5.74, 6) is 2.22. The highest BCUT2D eigenvalue weighted by Gasteiger charge is 2.42. The van der Waals surface area contributed by atoms with Crippen LogP contribution in [0.3, 0.4) is 0 Å². The molecule has 3 aliphatic heterocycles. The van der Waals surface area contributed by atoms with Crippen molar-refractivity contribution in [2.45, 2.75) is 69.0 Å². The Morgan fingerprint density at radius 3 is 2.70 bits per heavy atom. The predicted molar refractivity (Wildman–Crippen MR) is 75.4 cm³/mol. The first-order chi connectivity index (χ1) is 9.66. The largest absolute Gasteiger partial charge is 0.337 e. The van der Waals surface area contributed by atoms with Crippen LogP contribution in [0.5, 0.6) is 0 Å². The van der Waals surface area contributed by atoms with Crippen LogP contribution in [0.25, 0.3) is 0 Å². The minimum Gasteiger partial charge on any atom is -0.337 e. The molecule has 0 spiro atoms. The number of piperidine rings is 1. The number of aromatic nitrogens is 2. The monoisotopic (exact) mass is 276 g/mol. The minimum atomic E-state index is -0.101. The molecule has 0 amide bonds. The van der Waals surface area contributed by atoms with Crippen molar-refractivity contribution in [2.24, 2.45) is 0 Å². The Morgan fingerprint density at radius 1 is 1.30 bits per heavy atom. The van der Waals surface area contributed by atoms with Gasteiger partial charge in [-0.2, -0.15) is 4.98 Å². The maximum Gasteiger partial charge on any atom is 0.246 e. The first-order valence-corrected chi connectivity index (χ1v) is 7.97. The Bertz CT molecular complexity index is 480. The molecule has 0 aliphatic carbocycles. The zero-order valence-electron chi connectivity index (χ0n) is 12.4. The van der Waals surface area contributed by atoms with Crippen LogP contribution in [0.1, 0.15) is 63.1 Å². The van der Waals surface area contributed by atoms with Crippen LogP contribution in [0.15, 0.2) is 4.52 Å². The summed E-state index contributed by atoms with van der Waals surface area (Å²) in [7, 11) is 2.27. The van der Waals surface area contributed by atoms with Crippen molar-refractivity contribution in [1.29, 1.82) is 0 Å². The third-order valence-corrected chi connectivity index (χ3v) is 5.75. The topological polar surface area (TPSA) is 54.2 Å². The highest BCUT2D eigenvalue weighted by atomic mass is 16.5. The van der Waals surface area contributed by atoms with Gasteiger partial charge in [0.25, 0.3) is 0 Å². The molecule has 0 aromatic carbocycles. The van der Waals surface area contributed by atoms with Gasteiger partial charge in [-0.3, -0.25) is 0 Å². The normalized spacial score (nSPS) is 41.4. The number of hydrogen-bond acceptors (Lipinski definition) is 5. The van der Waals surface area contributed by atoms with E-state index in [1.165, 1.54) is 32.1 Å². The number of hydrogen-bond donors (Lipinski definition) is 1. The quantitative estimate of drug-likeness (QED) is 0.895. The summed E-state index contributed by atoms with van der Waals surface area (Å²) in [6, 6.07) is 1.45. The van der Waals surface area contributed by atoms with E-state index in [4.69, 9.17) is 9.51 Å². The third-order valence-electron chi connectivity index (χ3n) is 5.75. The fraction of sp³-hybridized carbons (Fsp3) is 0.867. The van der Waals surface area contributed by atoms with Crippen molar-refractivity contribution in [3.05, 3.63) is 11.7 Å². The van der Waals surface area contributed by atoms with Gasteiger partial charge in [-0.25, -0.2) is 0 Å². The zero-order chi connectivity index (χ0) is 13.7. The van der Waals surface area contributed by atoms with Gasteiger partial charge in [0.2, 0.25) is 5.89 Å². The van der Waals surface area contributed by atoms with Crippen LogP contribution in [-0.4, -0.2) is 40.7 Å². The fourth-order valence-electron chi connectivity index (χ4n) is 4.32. The lowest BCUT2D eigenvalue weighted by atomic mass is 9.90. The Kier molecular flexibility index (Phi) is 2.89. The summed E-state index contributed by atoms with van der Waals surface area (Å²) < 4.78 is 5.59. The maximum atomic E-state index is 5.59. The Balaban J connectivity index is 1.54.